The number of hydrogen-bond donors (Lipinski definition) is 0. The zero-order chi connectivity index (χ0) is 27.8. The van der Waals surface area contributed by atoms with E-state index in [0.29, 0.717) is 21.3 Å². The summed E-state index contributed by atoms with van der Waals surface area (Å²) in [5.74, 6) is -2.12. The van der Waals surface area contributed by atoms with Crippen molar-refractivity contribution in [2.24, 2.45) is 0 Å². The van der Waals surface area contributed by atoms with Crippen LogP contribution in [-0.2, 0) is 16.1 Å². The molecule has 2 amide bonds. The van der Waals surface area contributed by atoms with Crippen LogP contribution in [0.4, 0.5) is 19.6 Å². The van der Waals surface area contributed by atoms with Gasteiger partial charge in [-0.1, -0.05) is 53.4 Å². The first-order valence-corrected chi connectivity index (χ1v) is 13.8. The molecule has 12 heteroatoms. The van der Waals surface area contributed by atoms with Crippen LogP contribution in [0.25, 0.3) is 11.0 Å². The lowest BCUT2D eigenvalue weighted by atomic mass is 9.84. The molecule has 0 saturated heterocycles. The van der Waals surface area contributed by atoms with Crippen molar-refractivity contribution < 1.29 is 22.8 Å². The number of anilines is 2. The number of benzene rings is 3. The topological polar surface area (TPSA) is 96.6 Å². The number of amides is 2. The highest BCUT2D eigenvalue weighted by atomic mass is 32.2. The Morgan fingerprint density at radius 3 is 2.52 bits per heavy atom. The second-order valence-corrected chi connectivity index (χ2v) is 11.5. The minimum absolute atomic E-state index is 0.0235. The van der Waals surface area contributed by atoms with Crippen LogP contribution in [0.15, 0.2) is 80.3 Å². The van der Waals surface area contributed by atoms with Gasteiger partial charge in [0.15, 0.2) is 15.3 Å². The molecular formula is C28H16F2N4O4S2. The molecule has 2 aliphatic rings. The number of hydrogen-bond acceptors (Lipinski definition) is 8. The molecule has 0 saturated carbocycles. The molecule has 0 bridgehead atoms. The summed E-state index contributed by atoms with van der Waals surface area (Å²) in [6.45, 7) is 0. The molecule has 1 atom stereocenters. The Bertz CT molecular complexity index is 1940. The molecule has 0 fully saturated rings. The van der Waals surface area contributed by atoms with E-state index in [9.17, 15) is 23.2 Å². The second kappa shape index (κ2) is 8.80. The third-order valence-electron chi connectivity index (χ3n) is 7.08. The SMILES string of the molecule is CN1C(=O)C2(c3ccccc31)c1c(oc3ccc(F)cc3c1=O)C(=O)N2c1nnc(SCc2ccc(F)cc2)s1. The lowest BCUT2D eigenvalue weighted by Crippen LogP contribution is -2.53. The van der Waals surface area contributed by atoms with Crippen LogP contribution < -0.4 is 15.2 Å². The molecule has 0 N–H and O–H groups in total. The number of carbonyl (C=O) groups is 2. The summed E-state index contributed by atoms with van der Waals surface area (Å²) in [6.07, 6.45) is 0. The van der Waals surface area contributed by atoms with E-state index >= 15 is 0 Å². The summed E-state index contributed by atoms with van der Waals surface area (Å²) in [7, 11) is 1.56. The number of nitrogens with zero attached hydrogens (tertiary/aromatic N) is 4. The zero-order valence-electron chi connectivity index (χ0n) is 20.6. The highest BCUT2D eigenvalue weighted by Gasteiger charge is 2.66. The smallest absolute Gasteiger partial charge is 0.297 e. The summed E-state index contributed by atoms with van der Waals surface area (Å²) in [5.41, 5.74) is -0.999. The van der Waals surface area contributed by atoms with E-state index < -0.39 is 28.6 Å². The van der Waals surface area contributed by atoms with Gasteiger partial charge >= 0.3 is 0 Å². The first-order chi connectivity index (χ1) is 19.3. The number of thioether (sulfide) groups is 1. The number of halogens is 2. The minimum Gasteiger partial charge on any atom is -0.450 e. The van der Waals surface area contributed by atoms with E-state index in [2.05, 4.69) is 10.2 Å². The van der Waals surface area contributed by atoms with Crippen LogP contribution in [0.1, 0.15) is 27.2 Å². The van der Waals surface area contributed by atoms with Gasteiger partial charge in [-0.2, -0.15) is 0 Å². The van der Waals surface area contributed by atoms with E-state index in [0.717, 1.165) is 29.0 Å². The summed E-state index contributed by atoms with van der Waals surface area (Å²) >= 11 is 2.41. The van der Waals surface area contributed by atoms with Gasteiger partial charge in [0.05, 0.1) is 10.9 Å². The van der Waals surface area contributed by atoms with Crippen molar-refractivity contribution in [3.05, 3.63) is 111 Å². The lowest BCUT2D eigenvalue weighted by molar-refractivity contribution is -0.121. The van der Waals surface area contributed by atoms with Gasteiger partial charge in [-0.15, -0.1) is 10.2 Å². The molecule has 3 aromatic carbocycles. The Labute approximate surface area is 232 Å². The molecule has 0 radical (unpaired) electrons. The lowest BCUT2D eigenvalue weighted by Gasteiger charge is -2.31. The van der Waals surface area contributed by atoms with Crippen molar-refractivity contribution in [1.82, 2.24) is 10.2 Å². The van der Waals surface area contributed by atoms with Crippen LogP contribution >= 0.6 is 23.1 Å². The molecule has 1 spiro atoms. The number of rotatable bonds is 4. The van der Waals surface area contributed by atoms with Gasteiger partial charge in [0.1, 0.15) is 17.2 Å². The Hall–Kier alpha value is -4.42. The molecule has 8 nitrogen and oxygen atoms in total. The Kier molecular flexibility index (Phi) is 5.41. The number of likely N-dealkylation sites (N-methyl/N-ethyl adjacent to an activating group) is 1. The van der Waals surface area contributed by atoms with Crippen LogP contribution in [0.2, 0.25) is 0 Å². The number of fused-ring (bicyclic) bond motifs is 5. The average molecular weight is 575 g/mol. The van der Waals surface area contributed by atoms with Gasteiger partial charge in [-0.25, -0.2) is 8.78 Å². The molecule has 40 heavy (non-hydrogen) atoms. The maximum Gasteiger partial charge on any atom is 0.297 e. The largest absolute Gasteiger partial charge is 0.450 e. The van der Waals surface area contributed by atoms with Crippen molar-refractivity contribution in [3.63, 3.8) is 0 Å². The van der Waals surface area contributed by atoms with Crippen LogP contribution in [0.5, 0.6) is 0 Å². The van der Waals surface area contributed by atoms with Gasteiger partial charge in [-0.05, 0) is 42.0 Å². The fourth-order valence-electron chi connectivity index (χ4n) is 5.32. The van der Waals surface area contributed by atoms with Crippen molar-refractivity contribution in [2.45, 2.75) is 15.6 Å². The van der Waals surface area contributed by atoms with Crippen LogP contribution in [0, 0.1) is 11.6 Å². The molecule has 7 rings (SSSR count). The summed E-state index contributed by atoms with van der Waals surface area (Å²) in [6, 6.07) is 16.3. The normalized spacial score (nSPS) is 17.8. The maximum atomic E-state index is 14.2. The first-order valence-electron chi connectivity index (χ1n) is 12.0. The van der Waals surface area contributed by atoms with Crippen molar-refractivity contribution >= 4 is 56.7 Å². The molecule has 2 aliphatic heterocycles. The first kappa shape index (κ1) is 24.6. The molecular weight excluding hydrogens is 558 g/mol. The van der Waals surface area contributed by atoms with Crippen LogP contribution in [0.3, 0.4) is 0 Å². The number of carbonyl (C=O) groups excluding carboxylic acids is 2. The third-order valence-corrected chi connectivity index (χ3v) is 9.19. The monoisotopic (exact) mass is 574 g/mol. The predicted octanol–water partition coefficient (Wildman–Crippen LogP) is 5.10. The Balaban J connectivity index is 1.42. The van der Waals surface area contributed by atoms with Gasteiger partial charge in [0, 0.05) is 24.1 Å². The predicted molar refractivity (Wildman–Crippen MR) is 146 cm³/mol. The molecule has 2 aromatic heterocycles. The molecule has 0 aliphatic carbocycles. The van der Waals surface area contributed by atoms with Crippen LogP contribution in [-0.4, -0.2) is 29.1 Å². The molecule has 4 heterocycles. The standard InChI is InChI=1S/C28H16F2N4O4S2/c1-33-19-5-3-2-4-18(19)28(25(33)37)21-22(35)17-12-16(30)10-11-20(17)38-23(21)24(36)34(28)26-31-32-27(40-26)39-13-14-6-8-15(29)9-7-14/h2-12H,13H2,1H3. The minimum atomic E-state index is -1.92. The van der Waals surface area contributed by atoms with E-state index in [1.54, 1.807) is 43.4 Å². The average Bonchev–Trinajstić information content (AvgIpc) is 3.59. The van der Waals surface area contributed by atoms with Gasteiger partial charge in [0.25, 0.3) is 11.8 Å². The van der Waals surface area contributed by atoms with Crippen molar-refractivity contribution in [1.29, 1.82) is 0 Å². The Morgan fingerprint density at radius 1 is 0.975 bits per heavy atom. The van der Waals surface area contributed by atoms with E-state index in [1.165, 1.54) is 39.8 Å². The third kappa shape index (κ3) is 3.32. The molecule has 1 unspecified atom stereocenters. The second-order valence-electron chi connectivity index (χ2n) is 9.27. The molecule has 5 aromatic rings. The van der Waals surface area contributed by atoms with E-state index in [1.807, 2.05) is 0 Å². The van der Waals surface area contributed by atoms with Crippen molar-refractivity contribution in [3.8, 4) is 0 Å². The summed E-state index contributed by atoms with van der Waals surface area (Å²) < 4.78 is 33.9. The van der Waals surface area contributed by atoms with E-state index in [-0.39, 0.29) is 33.2 Å². The van der Waals surface area contributed by atoms with Gasteiger partial charge in [-0.3, -0.25) is 19.3 Å². The highest BCUT2D eigenvalue weighted by molar-refractivity contribution is 8.00. The van der Waals surface area contributed by atoms with E-state index in [4.69, 9.17) is 4.42 Å². The quantitative estimate of drug-likeness (QED) is 0.218. The van der Waals surface area contributed by atoms with Gasteiger partial charge in [0.2, 0.25) is 10.9 Å². The highest BCUT2D eigenvalue weighted by Crippen LogP contribution is 2.54. The number of para-hydroxylation sites is 1. The summed E-state index contributed by atoms with van der Waals surface area (Å²) in [5, 5.41) is 8.46. The maximum absolute atomic E-state index is 14.2. The number of aromatic nitrogens is 2. The fourth-order valence-corrected chi connectivity index (χ4v) is 7.16. The molecule has 198 valence electrons. The fraction of sp³-hybridized carbons (Fsp3) is 0.107. The van der Waals surface area contributed by atoms with Crippen molar-refractivity contribution in [2.75, 3.05) is 16.8 Å². The summed E-state index contributed by atoms with van der Waals surface area (Å²) in [4.78, 5) is 44.7. The zero-order valence-corrected chi connectivity index (χ0v) is 22.2. The Morgan fingerprint density at radius 2 is 1.73 bits per heavy atom. The van der Waals surface area contributed by atoms with Gasteiger partial charge < -0.3 is 9.32 Å².